The van der Waals surface area contributed by atoms with Gasteiger partial charge in [-0.3, -0.25) is 9.59 Å². The zero-order chi connectivity index (χ0) is 16.9. The molecule has 126 valence electrons. The zero-order valence-electron chi connectivity index (χ0n) is 13.4. The van der Waals surface area contributed by atoms with Gasteiger partial charge in [-0.25, -0.2) is 0 Å². The van der Waals surface area contributed by atoms with Crippen molar-refractivity contribution in [2.24, 2.45) is 5.92 Å². The van der Waals surface area contributed by atoms with Crippen molar-refractivity contribution < 1.29 is 14.7 Å². The molecule has 2 unspecified atom stereocenters. The number of rotatable bonds is 6. The quantitative estimate of drug-likeness (QED) is 0.874. The molecule has 0 bridgehead atoms. The fourth-order valence-corrected chi connectivity index (χ4v) is 4.07. The van der Waals surface area contributed by atoms with Crippen LogP contribution in [-0.4, -0.2) is 35.0 Å². The van der Waals surface area contributed by atoms with Crippen LogP contribution in [0.5, 0.6) is 0 Å². The lowest BCUT2D eigenvalue weighted by atomic mass is 9.89. The third-order valence-corrected chi connectivity index (χ3v) is 5.55. The van der Waals surface area contributed by atoms with Crippen LogP contribution in [0.3, 0.4) is 0 Å². The fraction of sp³-hybridized carbons (Fsp3) is 0.368. The highest BCUT2D eigenvalue weighted by Gasteiger charge is 2.40. The second kappa shape index (κ2) is 7.62. The Labute approximate surface area is 145 Å². The number of amides is 1. The molecule has 1 amide bonds. The molecule has 1 aliphatic rings. The number of carboxylic acid groups (broad SMARTS) is 1. The first-order valence-electron chi connectivity index (χ1n) is 8.23. The van der Waals surface area contributed by atoms with E-state index in [-0.39, 0.29) is 11.8 Å². The molecule has 3 rings (SSSR count). The van der Waals surface area contributed by atoms with E-state index in [0.29, 0.717) is 19.5 Å². The summed E-state index contributed by atoms with van der Waals surface area (Å²) in [4.78, 5) is 27.1. The van der Waals surface area contributed by atoms with E-state index in [4.69, 9.17) is 0 Å². The molecule has 1 aromatic heterocycles. The molecule has 2 aromatic rings. The topological polar surface area (TPSA) is 57.6 Å². The summed E-state index contributed by atoms with van der Waals surface area (Å²) in [6.45, 7) is 0.811. The Morgan fingerprint density at radius 2 is 1.92 bits per heavy atom. The summed E-state index contributed by atoms with van der Waals surface area (Å²) in [5, 5.41) is 11.6. The average molecular weight is 343 g/mol. The van der Waals surface area contributed by atoms with Crippen LogP contribution in [-0.2, 0) is 16.0 Å². The highest BCUT2D eigenvalue weighted by atomic mass is 32.1. The van der Waals surface area contributed by atoms with E-state index in [1.165, 1.54) is 4.88 Å². The normalized spacial score (nSPS) is 20.2. The van der Waals surface area contributed by atoms with Crippen LogP contribution in [0.1, 0.15) is 29.2 Å². The average Bonchev–Trinajstić information content (AvgIpc) is 3.25. The van der Waals surface area contributed by atoms with E-state index in [0.717, 1.165) is 18.4 Å². The maximum atomic E-state index is 12.5. The molecule has 1 saturated heterocycles. The Bertz CT molecular complexity index is 684. The summed E-state index contributed by atoms with van der Waals surface area (Å²) in [6.07, 6.45) is 2.19. The van der Waals surface area contributed by atoms with Crippen molar-refractivity contribution in [3.8, 4) is 0 Å². The van der Waals surface area contributed by atoms with Crippen molar-refractivity contribution in [2.75, 3.05) is 13.1 Å². The largest absolute Gasteiger partial charge is 0.481 e. The molecule has 5 heteroatoms. The Morgan fingerprint density at radius 3 is 2.58 bits per heavy atom. The van der Waals surface area contributed by atoms with Crippen molar-refractivity contribution in [1.29, 1.82) is 0 Å². The molecule has 1 N–H and O–H groups in total. The van der Waals surface area contributed by atoms with Gasteiger partial charge < -0.3 is 10.0 Å². The van der Waals surface area contributed by atoms with Gasteiger partial charge in [0.05, 0.1) is 5.92 Å². The number of carbonyl (C=O) groups excluding carboxylic acids is 1. The monoisotopic (exact) mass is 343 g/mol. The van der Waals surface area contributed by atoms with Gasteiger partial charge in [0.15, 0.2) is 0 Å². The van der Waals surface area contributed by atoms with Gasteiger partial charge in [0, 0.05) is 30.3 Å². The minimum atomic E-state index is -0.822. The second-order valence-corrected chi connectivity index (χ2v) is 7.23. The van der Waals surface area contributed by atoms with Crippen molar-refractivity contribution in [1.82, 2.24) is 4.90 Å². The number of nitrogens with zero attached hydrogens (tertiary/aromatic N) is 1. The van der Waals surface area contributed by atoms with Crippen molar-refractivity contribution in [2.45, 2.75) is 25.2 Å². The number of benzene rings is 1. The lowest BCUT2D eigenvalue weighted by Gasteiger charge is -2.16. The lowest BCUT2D eigenvalue weighted by Crippen LogP contribution is -2.29. The Kier molecular flexibility index (Phi) is 5.30. The summed E-state index contributed by atoms with van der Waals surface area (Å²) in [5.41, 5.74) is 0.999. The third kappa shape index (κ3) is 3.85. The van der Waals surface area contributed by atoms with E-state index in [2.05, 4.69) is 6.07 Å². The zero-order valence-corrected chi connectivity index (χ0v) is 14.2. The molecule has 0 radical (unpaired) electrons. The van der Waals surface area contributed by atoms with Crippen LogP contribution < -0.4 is 0 Å². The maximum Gasteiger partial charge on any atom is 0.308 e. The van der Waals surface area contributed by atoms with Crippen LogP contribution in [0.15, 0.2) is 47.8 Å². The first-order valence-corrected chi connectivity index (χ1v) is 9.11. The summed E-state index contributed by atoms with van der Waals surface area (Å²) >= 11 is 1.71. The molecule has 0 saturated carbocycles. The van der Waals surface area contributed by atoms with E-state index in [9.17, 15) is 14.7 Å². The second-order valence-electron chi connectivity index (χ2n) is 6.19. The van der Waals surface area contributed by atoms with Gasteiger partial charge >= 0.3 is 5.97 Å². The van der Waals surface area contributed by atoms with Gasteiger partial charge in [0.1, 0.15) is 0 Å². The number of aliphatic carboxylic acids is 1. The number of hydrogen-bond donors (Lipinski definition) is 1. The van der Waals surface area contributed by atoms with Gasteiger partial charge in [-0.2, -0.15) is 0 Å². The van der Waals surface area contributed by atoms with Gasteiger partial charge in [-0.05, 0) is 29.9 Å². The summed E-state index contributed by atoms with van der Waals surface area (Å²) in [5.74, 6) is -1.40. The fourth-order valence-electron chi connectivity index (χ4n) is 3.32. The number of carboxylic acids is 1. The van der Waals surface area contributed by atoms with E-state index in [1.54, 1.807) is 16.2 Å². The molecule has 0 spiro atoms. The molecule has 0 aliphatic carbocycles. The molecule has 24 heavy (non-hydrogen) atoms. The van der Waals surface area contributed by atoms with Crippen molar-refractivity contribution in [3.05, 3.63) is 58.3 Å². The van der Waals surface area contributed by atoms with Crippen LogP contribution in [0.25, 0.3) is 0 Å². The predicted octanol–water partition coefficient (Wildman–Crippen LogP) is 3.40. The lowest BCUT2D eigenvalue weighted by molar-refractivity contribution is -0.141. The number of carbonyl (C=O) groups is 2. The molecular weight excluding hydrogens is 322 g/mol. The van der Waals surface area contributed by atoms with Gasteiger partial charge in [0.25, 0.3) is 0 Å². The first kappa shape index (κ1) is 16.7. The Hall–Kier alpha value is -2.14. The minimum Gasteiger partial charge on any atom is -0.481 e. The SMILES string of the molecule is O=C(O)C1CN(C(=O)CCCc2cccs2)CC1c1ccccc1. The predicted molar refractivity (Wildman–Crippen MR) is 94.1 cm³/mol. The highest BCUT2D eigenvalue weighted by Crippen LogP contribution is 2.33. The Balaban J connectivity index is 1.60. The van der Waals surface area contributed by atoms with E-state index < -0.39 is 11.9 Å². The molecule has 4 nitrogen and oxygen atoms in total. The number of aryl methyl sites for hydroxylation is 1. The minimum absolute atomic E-state index is 0.0660. The molecule has 1 fully saturated rings. The highest BCUT2D eigenvalue weighted by molar-refractivity contribution is 7.09. The van der Waals surface area contributed by atoms with Gasteiger partial charge in [-0.1, -0.05) is 36.4 Å². The van der Waals surface area contributed by atoms with Crippen LogP contribution in [0, 0.1) is 5.92 Å². The molecule has 2 atom stereocenters. The van der Waals surface area contributed by atoms with Crippen LogP contribution in [0.2, 0.25) is 0 Å². The smallest absolute Gasteiger partial charge is 0.308 e. The number of thiophene rings is 1. The van der Waals surface area contributed by atoms with Crippen molar-refractivity contribution in [3.63, 3.8) is 0 Å². The summed E-state index contributed by atoms with van der Waals surface area (Å²) in [6, 6.07) is 13.7. The van der Waals surface area contributed by atoms with E-state index in [1.807, 2.05) is 41.8 Å². The van der Waals surface area contributed by atoms with Crippen LogP contribution in [0.4, 0.5) is 0 Å². The van der Waals surface area contributed by atoms with Crippen LogP contribution >= 0.6 is 11.3 Å². The van der Waals surface area contributed by atoms with Gasteiger partial charge in [-0.15, -0.1) is 11.3 Å². The maximum absolute atomic E-state index is 12.5. The standard InChI is InChI=1S/C19H21NO3S/c21-18(10-4-8-15-9-5-11-24-15)20-12-16(17(13-20)19(22)23)14-6-2-1-3-7-14/h1-3,5-7,9,11,16-17H,4,8,10,12-13H2,(H,22,23). The molecule has 1 aromatic carbocycles. The third-order valence-electron chi connectivity index (χ3n) is 4.61. The molecular formula is C19H21NO3S. The van der Waals surface area contributed by atoms with Crippen molar-refractivity contribution >= 4 is 23.2 Å². The molecule has 2 heterocycles. The Morgan fingerprint density at radius 1 is 1.12 bits per heavy atom. The number of hydrogen-bond acceptors (Lipinski definition) is 3. The number of likely N-dealkylation sites (tertiary alicyclic amines) is 1. The van der Waals surface area contributed by atoms with Gasteiger partial charge in [0.2, 0.25) is 5.91 Å². The summed E-state index contributed by atoms with van der Waals surface area (Å²) in [7, 11) is 0. The first-order chi connectivity index (χ1) is 11.6. The van der Waals surface area contributed by atoms with E-state index >= 15 is 0 Å². The molecule has 1 aliphatic heterocycles. The summed E-state index contributed by atoms with van der Waals surface area (Å²) < 4.78 is 0.